The van der Waals surface area contributed by atoms with Crippen LogP contribution in [0.3, 0.4) is 0 Å². The fraction of sp³-hybridized carbons (Fsp3) is 0.462. The zero-order valence-electron chi connectivity index (χ0n) is 9.82. The molecule has 1 aliphatic rings. The highest BCUT2D eigenvalue weighted by molar-refractivity contribution is 6.00. The number of hydrogen-bond acceptors (Lipinski definition) is 2. The van der Waals surface area contributed by atoms with Crippen LogP contribution < -0.4 is 5.06 Å². The lowest BCUT2D eigenvalue weighted by Gasteiger charge is -2.18. The van der Waals surface area contributed by atoms with E-state index in [-0.39, 0.29) is 5.91 Å². The number of carbonyl (C=O) groups is 1. The van der Waals surface area contributed by atoms with Crippen LogP contribution in [0, 0.1) is 6.92 Å². The molecule has 1 amide bonds. The van der Waals surface area contributed by atoms with Crippen LogP contribution in [0.5, 0.6) is 0 Å². The summed E-state index contributed by atoms with van der Waals surface area (Å²) in [5.74, 6) is 0.0420. The molecule has 0 fully saturated rings. The molecule has 1 heterocycles. The molecule has 0 unspecified atom stereocenters. The maximum atomic E-state index is 11.8. The first-order valence-corrected chi connectivity index (χ1v) is 5.78. The minimum atomic E-state index is 0.0420. The van der Waals surface area contributed by atoms with Gasteiger partial charge in [0.2, 0.25) is 0 Å². The molecule has 0 spiro atoms. The first-order chi connectivity index (χ1) is 7.74. The van der Waals surface area contributed by atoms with Crippen molar-refractivity contribution in [2.45, 2.75) is 33.1 Å². The summed E-state index contributed by atoms with van der Waals surface area (Å²) in [6.07, 6.45) is 2.51. The van der Waals surface area contributed by atoms with E-state index in [2.05, 4.69) is 6.92 Å². The Kier molecular flexibility index (Phi) is 3.25. The van der Waals surface area contributed by atoms with E-state index >= 15 is 0 Å². The fourth-order valence-electron chi connectivity index (χ4n) is 1.95. The van der Waals surface area contributed by atoms with Crippen LogP contribution in [0.15, 0.2) is 18.2 Å². The lowest BCUT2D eigenvalue weighted by Crippen LogP contribution is -2.27. The van der Waals surface area contributed by atoms with E-state index in [1.165, 1.54) is 5.06 Å². The Hall–Kier alpha value is -1.35. The molecule has 0 saturated carbocycles. The number of aryl methyl sites for hydroxylation is 1. The highest BCUT2D eigenvalue weighted by Gasteiger charge is 2.29. The molecule has 0 bridgehead atoms. The molecular weight excluding hydrogens is 202 g/mol. The summed E-state index contributed by atoms with van der Waals surface area (Å²) in [5.41, 5.74) is 3.12. The van der Waals surface area contributed by atoms with Gasteiger partial charge in [0, 0.05) is 0 Å². The lowest BCUT2D eigenvalue weighted by molar-refractivity contribution is -0.124. The van der Waals surface area contributed by atoms with Gasteiger partial charge in [-0.1, -0.05) is 31.5 Å². The zero-order chi connectivity index (χ0) is 11.5. The second-order valence-corrected chi connectivity index (χ2v) is 4.13. The number of hydrogen-bond donors (Lipinski definition) is 0. The Morgan fingerprint density at radius 2 is 2.25 bits per heavy atom. The third kappa shape index (κ3) is 1.95. The molecule has 0 radical (unpaired) electrons. The standard InChI is InChI=1S/C13H17NO2/c1-3-4-8-16-14-12(15)9-11-7-5-6-10(2)13(11)14/h5-7H,3-4,8-9H2,1-2H3. The van der Waals surface area contributed by atoms with Crippen molar-refractivity contribution in [1.29, 1.82) is 0 Å². The Morgan fingerprint density at radius 3 is 3.00 bits per heavy atom. The highest BCUT2D eigenvalue weighted by atomic mass is 16.7. The molecule has 3 nitrogen and oxygen atoms in total. The van der Waals surface area contributed by atoms with Gasteiger partial charge in [0.05, 0.1) is 18.7 Å². The summed E-state index contributed by atoms with van der Waals surface area (Å²) in [5, 5.41) is 1.47. The first-order valence-electron chi connectivity index (χ1n) is 5.78. The van der Waals surface area contributed by atoms with Crippen molar-refractivity contribution in [3.8, 4) is 0 Å². The molecule has 2 rings (SSSR count). The largest absolute Gasteiger partial charge is 0.272 e. The van der Waals surface area contributed by atoms with Gasteiger partial charge in [0.15, 0.2) is 0 Å². The maximum Gasteiger partial charge on any atom is 0.255 e. The topological polar surface area (TPSA) is 29.5 Å². The minimum Gasteiger partial charge on any atom is -0.272 e. The maximum absolute atomic E-state index is 11.8. The quantitative estimate of drug-likeness (QED) is 0.728. The normalized spacial score (nSPS) is 14.4. The van der Waals surface area contributed by atoms with Gasteiger partial charge < -0.3 is 0 Å². The number of nitrogens with zero attached hydrogens (tertiary/aromatic N) is 1. The van der Waals surface area contributed by atoms with Crippen molar-refractivity contribution in [2.75, 3.05) is 11.7 Å². The van der Waals surface area contributed by atoms with Gasteiger partial charge in [-0.15, -0.1) is 0 Å². The van der Waals surface area contributed by atoms with Crippen molar-refractivity contribution in [3.63, 3.8) is 0 Å². The average molecular weight is 219 g/mol. The molecule has 16 heavy (non-hydrogen) atoms. The molecule has 0 aliphatic carbocycles. The van der Waals surface area contributed by atoms with Crippen LogP contribution in [0.4, 0.5) is 5.69 Å². The molecule has 0 N–H and O–H groups in total. The smallest absolute Gasteiger partial charge is 0.255 e. The number of fused-ring (bicyclic) bond motifs is 1. The van der Waals surface area contributed by atoms with Crippen molar-refractivity contribution in [1.82, 2.24) is 0 Å². The number of benzene rings is 1. The Balaban J connectivity index is 2.18. The molecular formula is C13H17NO2. The van der Waals surface area contributed by atoms with Crippen molar-refractivity contribution in [2.24, 2.45) is 0 Å². The van der Waals surface area contributed by atoms with Gasteiger partial charge in [-0.25, -0.2) is 0 Å². The van der Waals surface area contributed by atoms with Gasteiger partial charge in [0.25, 0.3) is 5.91 Å². The van der Waals surface area contributed by atoms with Gasteiger partial charge in [-0.3, -0.25) is 9.63 Å². The van der Waals surface area contributed by atoms with Crippen LogP contribution >= 0.6 is 0 Å². The van der Waals surface area contributed by atoms with E-state index in [0.717, 1.165) is 29.7 Å². The van der Waals surface area contributed by atoms with Gasteiger partial charge in [0.1, 0.15) is 0 Å². The molecule has 0 atom stereocenters. The number of hydroxylamine groups is 1. The van der Waals surface area contributed by atoms with Crippen LogP contribution in [0.1, 0.15) is 30.9 Å². The summed E-state index contributed by atoms with van der Waals surface area (Å²) in [6, 6.07) is 5.98. The molecule has 86 valence electrons. The molecule has 1 aromatic rings. The summed E-state index contributed by atoms with van der Waals surface area (Å²) in [6.45, 7) is 4.72. The number of para-hydroxylation sites is 1. The Morgan fingerprint density at radius 1 is 1.44 bits per heavy atom. The predicted octanol–water partition coefficient (Wildman–Crippen LogP) is 2.62. The summed E-state index contributed by atoms with van der Waals surface area (Å²) < 4.78 is 0. The fourth-order valence-corrected chi connectivity index (χ4v) is 1.95. The SMILES string of the molecule is CCCCON1C(=O)Cc2cccc(C)c21. The predicted molar refractivity (Wildman–Crippen MR) is 63.2 cm³/mol. The number of carbonyl (C=O) groups excluding carboxylic acids is 1. The number of rotatable bonds is 4. The van der Waals surface area contributed by atoms with Gasteiger partial charge in [-0.2, -0.15) is 5.06 Å². The summed E-state index contributed by atoms with van der Waals surface area (Å²) >= 11 is 0. The Labute approximate surface area is 96.0 Å². The molecule has 0 aromatic heterocycles. The van der Waals surface area contributed by atoms with E-state index in [0.29, 0.717) is 13.0 Å². The van der Waals surface area contributed by atoms with E-state index < -0.39 is 0 Å². The Bertz CT molecular complexity index is 401. The van der Waals surface area contributed by atoms with Gasteiger partial charge >= 0.3 is 0 Å². The number of amides is 1. The molecule has 0 saturated heterocycles. The van der Waals surface area contributed by atoms with Crippen molar-refractivity contribution < 1.29 is 9.63 Å². The highest BCUT2D eigenvalue weighted by Crippen LogP contribution is 2.32. The van der Waals surface area contributed by atoms with E-state index in [1.807, 2.05) is 25.1 Å². The molecule has 1 aromatic carbocycles. The third-order valence-corrected chi connectivity index (χ3v) is 2.81. The second-order valence-electron chi connectivity index (χ2n) is 4.13. The first kappa shape index (κ1) is 11.1. The van der Waals surface area contributed by atoms with Crippen molar-refractivity contribution in [3.05, 3.63) is 29.3 Å². The van der Waals surface area contributed by atoms with Crippen molar-refractivity contribution >= 4 is 11.6 Å². The molecule has 1 aliphatic heterocycles. The second kappa shape index (κ2) is 4.66. The van der Waals surface area contributed by atoms with Crippen LogP contribution in [-0.4, -0.2) is 12.5 Å². The van der Waals surface area contributed by atoms with Gasteiger partial charge in [-0.05, 0) is 24.5 Å². The molecule has 3 heteroatoms. The summed E-state index contributed by atoms with van der Waals surface area (Å²) in [7, 11) is 0. The average Bonchev–Trinajstić information content (AvgIpc) is 2.57. The van der Waals surface area contributed by atoms with E-state index in [4.69, 9.17) is 4.84 Å². The van der Waals surface area contributed by atoms with Crippen LogP contribution in [0.2, 0.25) is 0 Å². The lowest BCUT2D eigenvalue weighted by atomic mass is 10.1. The summed E-state index contributed by atoms with van der Waals surface area (Å²) in [4.78, 5) is 17.3. The van der Waals surface area contributed by atoms with E-state index in [9.17, 15) is 4.79 Å². The van der Waals surface area contributed by atoms with E-state index in [1.54, 1.807) is 0 Å². The van der Waals surface area contributed by atoms with Crippen LogP contribution in [-0.2, 0) is 16.1 Å². The number of unbranched alkanes of at least 4 members (excludes halogenated alkanes) is 1. The number of anilines is 1. The minimum absolute atomic E-state index is 0.0420. The van der Waals surface area contributed by atoms with Crippen LogP contribution in [0.25, 0.3) is 0 Å². The monoisotopic (exact) mass is 219 g/mol. The third-order valence-electron chi connectivity index (χ3n) is 2.81. The zero-order valence-corrected chi connectivity index (χ0v) is 9.82.